The molecule has 0 saturated heterocycles. The van der Waals surface area contributed by atoms with Crippen molar-refractivity contribution < 1.29 is 13.9 Å². The average Bonchev–Trinajstić information content (AvgIpc) is 3.13. The van der Waals surface area contributed by atoms with Crippen LogP contribution in [0.2, 0.25) is 0 Å². The molecule has 3 heterocycles. The van der Waals surface area contributed by atoms with Crippen molar-refractivity contribution in [1.82, 2.24) is 4.98 Å². The highest BCUT2D eigenvalue weighted by Gasteiger charge is 2.44. The number of pyridine rings is 1. The van der Waals surface area contributed by atoms with E-state index in [0.29, 0.717) is 34.7 Å². The summed E-state index contributed by atoms with van der Waals surface area (Å²) >= 11 is 3.43. The number of ether oxygens (including phenoxy) is 1. The van der Waals surface area contributed by atoms with Crippen LogP contribution in [-0.2, 0) is 0 Å². The van der Waals surface area contributed by atoms with Gasteiger partial charge in [0.1, 0.15) is 17.2 Å². The standard InChI is InChI=1S/C27H23BrN2O4/c1-3-4-12-33-19-7-5-6-17(13-19)24-23-25(31)20-14-18(28)9-10-21(20)34-26(23)27(32)30(24)22-11-8-16(2)15-29-22/h5-11,13-15,24H,3-4,12H2,1-2H3. The molecule has 1 atom stereocenters. The number of unbranched alkanes of at least 4 members (excludes halogenated alkanes) is 1. The largest absolute Gasteiger partial charge is 0.494 e. The van der Waals surface area contributed by atoms with Gasteiger partial charge in [0.2, 0.25) is 5.76 Å². The molecule has 6 nitrogen and oxygen atoms in total. The molecule has 2 aromatic carbocycles. The van der Waals surface area contributed by atoms with E-state index in [2.05, 4.69) is 27.8 Å². The summed E-state index contributed by atoms with van der Waals surface area (Å²) in [5.74, 6) is 0.797. The highest BCUT2D eigenvalue weighted by molar-refractivity contribution is 9.10. The van der Waals surface area contributed by atoms with Crippen LogP contribution in [0.25, 0.3) is 11.0 Å². The van der Waals surface area contributed by atoms with Crippen molar-refractivity contribution in [3.8, 4) is 5.75 Å². The van der Waals surface area contributed by atoms with Gasteiger partial charge in [-0.15, -0.1) is 0 Å². The maximum Gasteiger partial charge on any atom is 0.296 e. The Hall–Kier alpha value is -3.45. The summed E-state index contributed by atoms with van der Waals surface area (Å²) < 4.78 is 12.7. The molecular weight excluding hydrogens is 496 g/mol. The number of hydrogen-bond acceptors (Lipinski definition) is 5. The van der Waals surface area contributed by atoms with Crippen LogP contribution in [-0.4, -0.2) is 17.5 Å². The minimum absolute atomic E-state index is 0.0458. The molecule has 1 amide bonds. The van der Waals surface area contributed by atoms with Crippen molar-refractivity contribution >= 4 is 38.6 Å². The van der Waals surface area contributed by atoms with Crippen LogP contribution in [0.4, 0.5) is 5.82 Å². The third-order valence-electron chi connectivity index (χ3n) is 5.92. The third kappa shape index (κ3) is 3.90. The van der Waals surface area contributed by atoms with Gasteiger partial charge in [-0.1, -0.05) is 47.5 Å². The number of nitrogens with zero attached hydrogens (tertiary/aromatic N) is 2. The van der Waals surface area contributed by atoms with E-state index in [4.69, 9.17) is 9.15 Å². The molecule has 1 aliphatic rings. The molecule has 0 bridgehead atoms. The first-order valence-corrected chi connectivity index (χ1v) is 12.0. The van der Waals surface area contributed by atoms with Gasteiger partial charge in [-0.05, 0) is 60.9 Å². The zero-order valence-corrected chi connectivity index (χ0v) is 20.5. The Morgan fingerprint density at radius 1 is 1.12 bits per heavy atom. The van der Waals surface area contributed by atoms with Crippen LogP contribution in [0, 0.1) is 6.92 Å². The first kappa shape index (κ1) is 22.3. The lowest BCUT2D eigenvalue weighted by atomic mass is 9.98. The Balaban J connectivity index is 1.71. The van der Waals surface area contributed by atoms with E-state index < -0.39 is 11.9 Å². The van der Waals surface area contributed by atoms with E-state index in [0.717, 1.165) is 28.4 Å². The van der Waals surface area contributed by atoms with Crippen molar-refractivity contribution in [3.63, 3.8) is 0 Å². The summed E-state index contributed by atoms with van der Waals surface area (Å²) in [7, 11) is 0. The zero-order chi connectivity index (χ0) is 23.8. The minimum atomic E-state index is -0.688. The molecule has 0 N–H and O–H groups in total. The lowest BCUT2D eigenvalue weighted by Crippen LogP contribution is -2.30. The van der Waals surface area contributed by atoms with Crippen molar-refractivity contribution in [3.05, 3.63) is 97.9 Å². The molecule has 7 heteroatoms. The molecule has 1 unspecified atom stereocenters. The number of fused-ring (bicyclic) bond motifs is 2. The van der Waals surface area contributed by atoms with Crippen molar-refractivity contribution in [2.45, 2.75) is 32.7 Å². The second kappa shape index (κ2) is 9.06. The second-order valence-corrected chi connectivity index (χ2v) is 9.28. The van der Waals surface area contributed by atoms with E-state index in [1.165, 1.54) is 4.90 Å². The lowest BCUT2D eigenvalue weighted by molar-refractivity contribution is 0.0970. The number of amides is 1. The first-order chi connectivity index (χ1) is 16.5. The number of aromatic nitrogens is 1. The summed E-state index contributed by atoms with van der Waals surface area (Å²) in [6.45, 7) is 4.64. The molecule has 5 rings (SSSR count). The smallest absolute Gasteiger partial charge is 0.296 e. The predicted molar refractivity (Wildman–Crippen MR) is 135 cm³/mol. The van der Waals surface area contributed by atoms with Crippen LogP contribution >= 0.6 is 15.9 Å². The van der Waals surface area contributed by atoms with Gasteiger partial charge in [-0.3, -0.25) is 14.5 Å². The Bertz CT molecular complexity index is 1450. The van der Waals surface area contributed by atoms with Crippen molar-refractivity contribution in [2.75, 3.05) is 11.5 Å². The van der Waals surface area contributed by atoms with Crippen LogP contribution in [0.5, 0.6) is 5.75 Å². The van der Waals surface area contributed by atoms with E-state index in [-0.39, 0.29) is 11.2 Å². The lowest BCUT2D eigenvalue weighted by Gasteiger charge is -2.24. The zero-order valence-electron chi connectivity index (χ0n) is 18.9. The fraction of sp³-hybridized carbons (Fsp3) is 0.222. The van der Waals surface area contributed by atoms with Gasteiger partial charge in [-0.25, -0.2) is 4.98 Å². The molecule has 0 aliphatic carbocycles. The number of benzene rings is 2. The van der Waals surface area contributed by atoms with Crippen LogP contribution in [0.3, 0.4) is 0 Å². The molecular formula is C27H23BrN2O4. The van der Waals surface area contributed by atoms with Crippen molar-refractivity contribution in [1.29, 1.82) is 0 Å². The molecule has 2 aromatic heterocycles. The Kier molecular flexibility index (Phi) is 5.96. The van der Waals surface area contributed by atoms with E-state index in [1.54, 1.807) is 30.5 Å². The Morgan fingerprint density at radius 2 is 1.97 bits per heavy atom. The van der Waals surface area contributed by atoms with Gasteiger partial charge >= 0.3 is 0 Å². The van der Waals surface area contributed by atoms with Crippen molar-refractivity contribution in [2.24, 2.45) is 0 Å². The first-order valence-electron chi connectivity index (χ1n) is 11.2. The quantitative estimate of drug-likeness (QED) is 0.284. The number of halogens is 1. The monoisotopic (exact) mass is 518 g/mol. The number of carbonyl (C=O) groups excluding carboxylic acids is 1. The number of rotatable bonds is 6. The maximum atomic E-state index is 13.7. The number of aryl methyl sites for hydroxylation is 1. The van der Waals surface area contributed by atoms with E-state index in [1.807, 2.05) is 37.3 Å². The van der Waals surface area contributed by atoms with Crippen LogP contribution < -0.4 is 15.1 Å². The summed E-state index contributed by atoms with van der Waals surface area (Å²) in [4.78, 5) is 33.4. The topological polar surface area (TPSA) is 72.6 Å². The van der Waals surface area contributed by atoms with Gasteiger partial charge in [0.15, 0.2) is 5.43 Å². The van der Waals surface area contributed by atoms with Crippen LogP contribution in [0.15, 0.2) is 74.5 Å². The molecule has 172 valence electrons. The summed E-state index contributed by atoms with van der Waals surface area (Å²) in [6, 6.07) is 15.7. The third-order valence-corrected chi connectivity index (χ3v) is 6.41. The highest BCUT2D eigenvalue weighted by Crippen LogP contribution is 2.41. The SMILES string of the molecule is CCCCOc1cccc(C2c3c(oc4ccc(Br)cc4c3=O)C(=O)N2c2ccc(C)cn2)c1. The predicted octanol–water partition coefficient (Wildman–Crippen LogP) is 6.19. The van der Waals surface area contributed by atoms with E-state index >= 15 is 0 Å². The molecule has 0 fully saturated rings. The van der Waals surface area contributed by atoms with Gasteiger partial charge in [-0.2, -0.15) is 0 Å². The van der Waals surface area contributed by atoms with Crippen LogP contribution in [0.1, 0.15) is 53.1 Å². The maximum absolute atomic E-state index is 13.7. The number of carbonyl (C=O) groups is 1. The number of hydrogen-bond donors (Lipinski definition) is 0. The summed E-state index contributed by atoms with van der Waals surface area (Å²) in [5, 5.41) is 0.417. The minimum Gasteiger partial charge on any atom is -0.494 e. The molecule has 4 aromatic rings. The Morgan fingerprint density at radius 3 is 2.74 bits per heavy atom. The van der Waals surface area contributed by atoms with Gasteiger partial charge in [0.05, 0.1) is 23.6 Å². The summed E-state index contributed by atoms with van der Waals surface area (Å²) in [6.07, 6.45) is 3.68. The average molecular weight is 519 g/mol. The van der Waals surface area contributed by atoms with Gasteiger partial charge in [0, 0.05) is 10.7 Å². The van der Waals surface area contributed by atoms with Gasteiger partial charge in [0.25, 0.3) is 5.91 Å². The molecule has 1 aliphatic heterocycles. The second-order valence-electron chi connectivity index (χ2n) is 8.36. The fourth-order valence-electron chi connectivity index (χ4n) is 4.21. The molecule has 0 radical (unpaired) electrons. The molecule has 34 heavy (non-hydrogen) atoms. The fourth-order valence-corrected chi connectivity index (χ4v) is 4.57. The number of anilines is 1. The highest BCUT2D eigenvalue weighted by atomic mass is 79.9. The van der Waals surface area contributed by atoms with Gasteiger partial charge < -0.3 is 9.15 Å². The van der Waals surface area contributed by atoms with E-state index in [9.17, 15) is 9.59 Å². The summed E-state index contributed by atoms with van der Waals surface area (Å²) in [5.41, 5.74) is 2.17. The Labute approximate surface area is 205 Å². The normalized spacial score (nSPS) is 15.1. The molecule has 0 saturated carbocycles. The molecule has 0 spiro atoms.